The summed E-state index contributed by atoms with van der Waals surface area (Å²) in [5, 5.41) is 7.44. The first kappa shape index (κ1) is 12.3. The topological polar surface area (TPSA) is 64.9 Å². The molecule has 0 fully saturated rings. The molecular formula is C12H17N5O. The molecule has 0 radical (unpaired) electrons. The van der Waals surface area contributed by atoms with Crippen LogP contribution in [0.15, 0.2) is 24.7 Å². The van der Waals surface area contributed by atoms with Gasteiger partial charge in [-0.1, -0.05) is 0 Å². The van der Waals surface area contributed by atoms with Crippen molar-refractivity contribution in [2.24, 2.45) is 7.05 Å². The standard InChI is InChI=1S/C12H17N5O/c1-3-18-10-5-4-7-13-12(10)14-8-6-11-15-9-17(2)16-11/h4-5,7,9H,3,6,8H2,1-2H3,(H,13,14). The minimum absolute atomic E-state index is 0.627. The van der Waals surface area contributed by atoms with Crippen LogP contribution in [0.5, 0.6) is 5.75 Å². The van der Waals surface area contributed by atoms with Gasteiger partial charge in [0.25, 0.3) is 0 Å². The van der Waals surface area contributed by atoms with E-state index in [4.69, 9.17) is 4.74 Å². The van der Waals surface area contributed by atoms with Gasteiger partial charge in [0.05, 0.1) is 6.61 Å². The van der Waals surface area contributed by atoms with Gasteiger partial charge in [-0.15, -0.1) is 0 Å². The van der Waals surface area contributed by atoms with E-state index in [2.05, 4.69) is 20.4 Å². The number of ether oxygens (including phenoxy) is 1. The van der Waals surface area contributed by atoms with E-state index in [1.165, 1.54) is 0 Å². The summed E-state index contributed by atoms with van der Waals surface area (Å²) in [6, 6.07) is 3.76. The first-order chi connectivity index (χ1) is 8.79. The summed E-state index contributed by atoms with van der Waals surface area (Å²) in [6.07, 6.45) is 4.19. The zero-order valence-corrected chi connectivity index (χ0v) is 10.6. The van der Waals surface area contributed by atoms with Gasteiger partial charge in [-0.2, -0.15) is 5.10 Å². The van der Waals surface area contributed by atoms with Gasteiger partial charge < -0.3 is 10.1 Å². The van der Waals surface area contributed by atoms with Crippen LogP contribution in [0.25, 0.3) is 0 Å². The van der Waals surface area contributed by atoms with Gasteiger partial charge in [-0.3, -0.25) is 4.68 Å². The summed E-state index contributed by atoms with van der Waals surface area (Å²) < 4.78 is 7.18. The van der Waals surface area contributed by atoms with E-state index in [-0.39, 0.29) is 0 Å². The Morgan fingerprint density at radius 1 is 1.39 bits per heavy atom. The van der Waals surface area contributed by atoms with Crippen LogP contribution in [0, 0.1) is 0 Å². The third-order valence-corrected chi connectivity index (χ3v) is 2.36. The van der Waals surface area contributed by atoms with E-state index in [0.717, 1.165) is 30.4 Å². The Morgan fingerprint density at radius 3 is 3.00 bits per heavy atom. The highest BCUT2D eigenvalue weighted by Crippen LogP contribution is 2.20. The summed E-state index contributed by atoms with van der Waals surface area (Å²) >= 11 is 0. The molecule has 6 nitrogen and oxygen atoms in total. The number of anilines is 1. The highest BCUT2D eigenvalue weighted by Gasteiger charge is 2.04. The molecule has 0 bridgehead atoms. The number of rotatable bonds is 6. The Kier molecular flexibility index (Phi) is 4.11. The van der Waals surface area contributed by atoms with Crippen molar-refractivity contribution in [2.45, 2.75) is 13.3 Å². The highest BCUT2D eigenvalue weighted by molar-refractivity contribution is 5.49. The molecule has 0 saturated heterocycles. The molecule has 2 heterocycles. The molecule has 1 N–H and O–H groups in total. The fraction of sp³-hybridized carbons (Fsp3) is 0.417. The van der Waals surface area contributed by atoms with Gasteiger partial charge in [0.15, 0.2) is 17.4 Å². The van der Waals surface area contributed by atoms with E-state index in [1.54, 1.807) is 17.2 Å². The number of pyridine rings is 1. The molecule has 0 aliphatic carbocycles. The van der Waals surface area contributed by atoms with Gasteiger partial charge in [0.1, 0.15) is 6.33 Å². The molecular weight excluding hydrogens is 230 g/mol. The van der Waals surface area contributed by atoms with Crippen molar-refractivity contribution < 1.29 is 4.74 Å². The molecule has 0 atom stereocenters. The van der Waals surface area contributed by atoms with E-state index in [9.17, 15) is 0 Å². The highest BCUT2D eigenvalue weighted by atomic mass is 16.5. The molecule has 2 rings (SSSR count). The lowest BCUT2D eigenvalue weighted by atomic mass is 10.3. The Morgan fingerprint density at radius 2 is 2.28 bits per heavy atom. The average Bonchev–Trinajstić information content (AvgIpc) is 2.78. The molecule has 0 aliphatic heterocycles. The van der Waals surface area contributed by atoms with Crippen molar-refractivity contribution in [1.82, 2.24) is 19.7 Å². The van der Waals surface area contributed by atoms with E-state index in [0.29, 0.717) is 6.61 Å². The smallest absolute Gasteiger partial charge is 0.168 e. The Labute approximate surface area is 106 Å². The quantitative estimate of drug-likeness (QED) is 0.832. The second kappa shape index (κ2) is 6.00. The number of aryl methyl sites for hydroxylation is 1. The van der Waals surface area contributed by atoms with Crippen LogP contribution in [0.3, 0.4) is 0 Å². The van der Waals surface area contributed by atoms with Crippen LogP contribution in [-0.4, -0.2) is 32.9 Å². The van der Waals surface area contributed by atoms with Gasteiger partial charge in [-0.05, 0) is 19.1 Å². The van der Waals surface area contributed by atoms with Crippen molar-refractivity contribution >= 4 is 5.82 Å². The Bertz CT molecular complexity index is 497. The van der Waals surface area contributed by atoms with Gasteiger partial charge >= 0.3 is 0 Å². The molecule has 0 amide bonds. The van der Waals surface area contributed by atoms with Gasteiger partial charge in [0.2, 0.25) is 0 Å². The number of hydrogen-bond donors (Lipinski definition) is 1. The van der Waals surface area contributed by atoms with E-state index >= 15 is 0 Å². The molecule has 0 aromatic carbocycles. The Balaban J connectivity index is 1.89. The monoisotopic (exact) mass is 247 g/mol. The van der Waals surface area contributed by atoms with Crippen molar-refractivity contribution in [3.8, 4) is 5.75 Å². The zero-order valence-electron chi connectivity index (χ0n) is 10.6. The maximum atomic E-state index is 5.48. The molecule has 2 aromatic rings. The van der Waals surface area contributed by atoms with Crippen LogP contribution in [0.1, 0.15) is 12.7 Å². The van der Waals surface area contributed by atoms with Crippen LogP contribution in [0.2, 0.25) is 0 Å². The average molecular weight is 247 g/mol. The molecule has 0 aliphatic rings. The molecule has 96 valence electrons. The third kappa shape index (κ3) is 3.19. The van der Waals surface area contributed by atoms with Crippen molar-refractivity contribution in [2.75, 3.05) is 18.5 Å². The first-order valence-electron chi connectivity index (χ1n) is 5.95. The fourth-order valence-corrected chi connectivity index (χ4v) is 1.59. The number of nitrogens with one attached hydrogen (secondary N) is 1. The SMILES string of the molecule is CCOc1cccnc1NCCc1ncn(C)n1. The van der Waals surface area contributed by atoms with Crippen LogP contribution >= 0.6 is 0 Å². The zero-order chi connectivity index (χ0) is 12.8. The molecule has 0 unspecified atom stereocenters. The lowest BCUT2D eigenvalue weighted by Crippen LogP contribution is -2.09. The second-order valence-corrected chi connectivity index (χ2v) is 3.79. The third-order valence-electron chi connectivity index (χ3n) is 2.36. The van der Waals surface area contributed by atoms with E-state index in [1.807, 2.05) is 26.1 Å². The lowest BCUT2D eigenvalue weighted by Gasteiger charge is -2.09. The summed E-state index contributed by atoms with van der Waals surface area (Å²) in [5.74, 6) is 2.35. The van der Waals surface area contributed by atoms with Crippen molar-refractivity contribution in [3.05, 3.63) is 30.5 Å². The maximum Gasteiger partial charge on any atom is 0.168 e. The van der Waals surface area contributed by atoms with Crippen molar-refractivity contribution in [1.29, 1.82) is 0 Å². The summed E-state index contributed by atoms with van der Waals surface area (Å²) in [5.41, 5.74) is 0. The molecule has 0 spiro atoms. The van der Waals surface area contributed by atoms with Gasteiger partial charge in [0, 0.05) is 26.2 Å². The number of nitrogens with zero attached hydrogens (tertiary/aromatic N) is 4. The molecule has 18 heavy (non-hydrogen) atoms. The minimum Gasteiger partial charge on any atom is -0.490 e. The van der Waals surface area contributed by atoms with Crippen LogP contribution < -0.4 is 10.1 Å². The lowest BCUT2D eigenvalue weighted by molar-refractivity contribution is 0.340. The second-order valence-electron chi connectivity index (χ2n) is 3.79. The largest absolute Gasteiger partial charge is 0.490 e. The number of aromatic nitrogens is 4. The first-order valence-corrected chi connectivity index (χ1v) is 5.95. The molecule has 2 aromatic heterocycles. The van der Waals surface area contributed by atoms with Crippen molar-refractivity contribution in [3.63, 3.8) is 0 Å². The fourth-order valence-electron chi connectivity index (χ4n) is 1.59. The van der Waals surface area contributed by atoms with Gasteiger partial charge in [-0.25, -0.2) is 9.97 Å². The van der Waals surface area contributed by atoms with E-state index < -0.39 is 0 Å². The molecule has 0 saturated carbocycles. The minimum atomic E-state index is 0.627. The Hall–Kier alpha value is -2.11. The predicted molar refractivity (Wildman–Crippen MR) is 68.6 cm³/mol. The summed E-state index contributed by atoms with van der Waals surface area (Å²) in [6.45, 7) is 3.30. The van der Waals surface area contributed by atoms with Crippen LogP contribution in [0.4, 0.5) is 5.82 Å². The number of hydrogen-bond acceptors (Lipinski definition) is 5. The van der Waals surface area contributed by atoms with Crippen LogP contribution in [-0.2, 0) is 13.5 Å². The summed E-state index contributed by atoms with van der Waals surface area (Å²) in [4.78, 5) is 8.42. The maximum absolute atomic E-state index is 5.48. The normalized spacial score (nSPS) is 10.3. The molecule has 6 heteroatoms. The predicted octanol–water partition coefficient (Wildman–Crippen LogP) is 1.26. The summed E-state index contributed by atoms with van der Waals surface area (Å²) in [7, 11) is 1.86.